The zero-order valence-corrected chi connectivity index (χ0v) is 13.6. The van der Waals surface area contributed by atoms with Gasteiger partial charge in [-0.05, 0) is 31.4 Å². The lowest BCUT2D eigenvalue weighted by atomic mass is 9.73. The highest BCUT2D eigenvalue weighted by Gasteiger charge is 2.34. The SMILES string of the molecule is CCOCCC(COCC)(c1ccccc1)c1ccccc1. The molecule has 2 aromatic rings. The summed E-state index contributed by atoms with van der Waals surface area (Å²) in [4.78, 5) is 0. The van der Waals surface area contributed by atoms with Gasteiger partial charge in [-0.1, -0.05) is 60.7 Å². The fraction of sp³-hybridized carbons (Fsp3) is 0.400. The van der Waals surface area contributed by atoms with E-state index < -0.39 is 0 Å². The molecule has 0 N–H and O–H groups in total. The van der Waals surface area contributed by atoms with Crippen LogP contribution < -0.4 is 0 Å². The maximum Gasteiger partial charge on any atom is 0.0604 e. The zero-order valence-electron chi connectivity index (χ0n) is 13.6. The van der Waals surface area contributed by atoms with Gasteiger partial charge in [-0.3, -0.25) is 0 Å². The highest BCUT2D eigenvalue weighted by atomic mass is 16.5. The first-order valence-corrected chi connectivity index (χ1v) is 8.10. The van der Waals surface area contributed by atoms with Crippen LogP contribution in [0.5, 0.6) is 0 Å². The first-order valence-electron chi connectivity index (χ1n) is 8.10. The zero-order chi connectivity index (χ0) is 15.7. The van der Waals surface area contributed by atoms with Crippen LogP contribution in [0.2, 0.25) is 0 Å². The molecule has 0 spiro atoms. The van der Waals surface area contributed by atoms with E-state index in [2.05, 4.69) is 60.7 Å². The van der Waals surface area contributed by atoms with Crippen LogP contribution in [-0.4, -0.2) is 26.4 Å². The van der Waals surface area contributed by atoms with E-state index in [0.717, 1.165) is 26.2 Å². The molecule has 2 aromatic carbocycles. The Labute approximate surface area is 134 Å². The molecule has 0 radical (unpaired) electrons. The second kappa shape index (κ2) is 8.72. The smallest absolute Gasteiger partial charge is 0.0604 e. The molecule has 0 unspecified atom stereocenters. The van der Waals surface area contributed by atoms with Crippen LogP contribution in [0.1, 0.15) is 31.4 Å². The van der Waals surface area contributed by atoms with Crippen LogP contribution in [0.3, 0.4) is 0 Å². The summed E-state index contributed by atoms with van der Waals surface area (Å²) >= 11 is 0. The van der Waals surface area contributed by atoms with Gasteiger partial charge in [0, 0.05) is 25.2 Å². The molecular weight excluding hydrogens is 272 g/mol. The summed E-state index contributed by atoms with van der Waals surface area (Å²) in [5, 5.41) is 0. The van der Waals surface area contributed by atoms with Gasteiger partial charge in [0.25, 0.3) is 0 Å². The Morgan fingerprint density at radius 3 is 1.68 bits per heavy atom. The third kappa shape index (κ3) is 3.96. The summed E-state index contributed by atoms with van der Waals surface area (Å²) in [7, 11) is 0. The van der Waals surface area contributed by atoms with Gasteiger partial charge in [-0.15, -0.1) is 0 Å². The van der Waals surface area contributed by atoms with Gasteiger partial charge >= 0.3 is 0 Å². The van der Waals surface area contributed by atoms with Gasteiger partial charge in [-0.2, -0.15) is 0 Å². The monoisotopic (exact) mass is 298 g/mol. The molecule has 0 bridgehead atoms. The molecular formula is C20H26O2. The number of ether oxygens (including phenoxy) is 2. The van der Waals surface area contributed by atoms with Gasteiger partial charge in [-0.25, -0.2) is 0 Å². The Balaban J connectivity index is 2.43. The molecule has 0 aromatic heterocycles. The lowest BCUT2D eigenvalue weighted by Gasteiger charge is -2.35. The Morgan fingerprint density at radius 2 is 1.23 bits per heavy atom. The summed E-state index contributed by atoms with van der Waals surface area (Å²) in [5.41, 5.74) is 2.41. The third-order valence-corrected chi connectivity index (χ3v) is 4.08. The van der Waals surface area contributed by atoms with Crippen molar-refractivity contribution >= 4 is 0 Å². The molecule has 0 atom stereocenters. The molecule has 0 saturated carbocycles. The molecule has 2 rings (SSSR count). The van der Waals surface area contributed by atoms with E-state index in [9.17, 15) is 0 Å². The summed E-state index contributed by atoms with van der Waals surface area (Å²) in [6.07, 6.45) is 0.912. The van der Waals surface area contributed by atoms with Crippen molar-refractivity contribution in [2.24, 2.45) is 0 Å². The van der Waals surface area contributed by atoms with Gasteiger partial charge in [0.05, 0.1) is 6.61 Å². The van der Waals surface area contributed by atoms with Crippen LogP contribution in [0.4, 0.5) is 0 Å². The van der Waals surface area contributed by atoms with Crippen molar-refractivity contribution in [1.82, 2.24) is 0 Å². The number of hydrogen-bond donors (Lipinski definition) is 0. The average molecular weight is 298 g/mol. The fourth-order valence-electron chi connectivity index (χ4n) is 2.88. The summed E-state index contributed by atoms with van der Waals surface area (Å²) in [6.45, 7) is 6.95. The molecule has 0 aliphatic carbocycles. The van der Waals surface area contributed by atoms with E-state index in [1.807, 2.05) is 13.8 Å². The molecule has 2 nitrogen and oxygen atoms in total. The standard InChI is InChI=1S/C20H26O2/c1-3-21-16-15-20(17-22-4-2,18-11-7-5-8-12-18)19-13-9-6-10-14-19/h5-14H,3-4,15-17H2,1-2H3. The van der Waals surface area contributed by atoms with E-state index in [4.69, 9.17) is 9.47 Å². The van der Waals surface area contributed by atoms with Crippen molar-refractivity contribution in [3.8, 4) is 0 Å². The topological polar surface area (TPSA) is 18.5 Å². The Hall–Kier alpha value is -1.64. The van der Waals surface area contributed by atoms with Crippen molar-refractivity contribution in [3.63, 3.8) is 0 Å². The lowest BCUT2D eigenvalue weighted by Crippen LogP contribution is -2.35. The van der Waals surface area contributed by atoms with E-state index in [-0.39, 0.29) is 5.41 Å². The molecule has 0 saturated heterocycles. The highest BCUT2D eigenvalue weighted by molar-refractivity contribution is 5.39. The molecule has 118 valence electrons. The molecule has 2 heteroatoms. The average Bonchev–Trinajstić information content (AvgIpc) is 2.60. The van der Waals surface area contributed by atoms with E-state index >= 15 is 0 Å². The number of hydrogen-bond acceptors (Lipinski definition) is 2. The minimum Gasteiger partial charge on any atom is -0.382 e. The van der Waals surface area contributed by atoms with Gasteiger partial charge < -0.3 is 9.47 Å². The Kier molecular flexibility index (Phi) is 6.63. The quantitative estimate of drug-likeness (QED) is 0.637. The second-order valence-corrected chi connectivity index (χ2v) is 5.40. The second-order valence-electron chi connectivity index (χ2n) is 5.40. The van der Waals surface area contributed by atoms with Crippen molar-refractivity contribution in [3.05, 3.63) is 71.8 Å². The summed E-state index contributed by atoms with van der Waals surface area (Å²) in [5.74, 6) is 0. The van der Waals surface area contributed by atoms with Gasteiger partial charge in [0.2, 0.25) is 0 Å². The largest absolute Gasteiger partial charge is 0.382 e. The highest BCUT2D eigenvalue weighted by Crippen LogP contribution is 2.36. The van der Waals surface area contributed by atoms with E-state index in [1.165, 1.54) is 11.1 Å². The minimum absolute atomic E-state index is 0.159. The minimum atomic E-state index is -0.159. The van der Waals surface area contributed by atoms with Crippen LogP contribution in [0, 0.1) is 0 Å². The van der Waals surface area contributed by atoms with Crippen LogP contribution in [0.15, 0.2) is 60.7 Å². The lowest BCUT2D eigenvalue weighted by molar-refractivity contribution is 0.0758. The summed E-state index contributed by atoms with van der Waals surface area (Å²) < 4.78 is 11.5. The number of rotatable bonds is 9. The maximum atomic E-state index is 5.88. The van der Waals surface area contributed by atoms with Crippen LogP contribution >= 0.6 is 0 Å². The third-order valence-electron chi connectivity index (χ3n) is 4.08. The molecule has 0 aliphatic rings. The molecule has 0 aliphatic heterocycles. The van der Waals surface area contributed by atoms with Crippen molar-refractivity contribution in [2.45, 2.75) is 25.7 Å². The van der Waals surface area contributed by atoms with Gasteiger partial charge in [0.15, 0.2) is 0 Å². The molecule has 0 amide bonds. The fourth-order valence-corrected chi connectivity index (χ4v) is 2.88. The predicted molar refractivity (Wildman–Crippen MR) is 91.3 cm³/mol. The van der Waals surface area contributed by atoms with Crippen LogP contribution in [-0.2, 0) is 14.9 Å². The van der Waals surface area contributed by atoms with Crippen molar-refractivity contribution < 1.29 is 9.47 Å². The predicted octanol–water partition coefficient (Wildman–Crippen LogP) is 4.44. The first kappa shape index (κ1) is 16.7. The number of benzene rings is 2. The van der Waals surface area contributed by atoms with E-state index in [0.29, 0.717) is 6.61 Å². The summed E-state index contributed by atoms with van der Waals surface area (Å²) in [6, 6.07) is 21.3. The molecule has 22 heavy (non-hydrogen) atoms. The first-order chi connectivity index (χ1) is 10.8. The molecule has 0 heterocycles. The van der Waals surface area contributed by atoms with Gasteiger partial charge in [0.1, 0.15) is 0 Å². The normalized spacial score (nSPS) is 11.5. The van der Waals surface area contributed by atoms with Crippen molar-refractivity contribution in [1.29, 1.82) is 0 Å². The maximum absolute atomic E-state index is 5.88. The Bertz CT molecular complexity index is 482. The van der Waals surface area contributed by atoms with Crippen molar-refractivity contribution in [2.75, 3.05) is 26.4 Å². The Morgan fingerprint density at radius 1 is 0.727 bits per heavy atom. The molecule has 0 fully saturated rings. The van der Waals surface area contributed by atoms with E-state index in [1.54, 1.807) is 0 Å². The van der Waals surface area contributed by atoms with Crippen LogP contribution in [0.25, 0.3) is 0 Å².